The van der Waals surface area contributed by atoms with Crippen molar-refractivity contribution >= 4 is 19.5 Å². The number of imidazole rings is 1. The minimum atomic E-state index is -11.2. The Kier molecular flexibility index (Phi) is 3.96. The molecule has 0 saturated heterocycles. The maximum absolute atomic E-state index is 11.2. The third kappa shape index (κ3) is 11.6. The molecule has 0 fully saturated rings. The maximum atomic E-state index is 9.93. The zero-order chi connectivity index (χ0) is 14.6. The monoisotopic (exact) mass is 394 g/mol. The number of aromatic nitrogens is 2. The van der Waals surface area contributed by atoms with E-state index >= 15 is 0 Å². The molecule has 0 saturated carbocycles. The van der Waals surface area contributed by atoms with Crippen LogP contribution in [0.15, 0.2) is 42.7 Å². The number of aromatic amines is 2. The van der Waals surface area contributed by atoms with Crippen molar-refractivity contribution in [3.63, 3.8) is 0 Å². The molecule has 0 radical (unpaired) electrons. The summed E-state index contributed by atoms with van der Waals surface area (Å²) in [6, 6.07) is 10.4. The Bertz CT molecular complexity index is 494. The molecule has 0 unspecified atom stereocenters. The second-order valence-corrected chi connectivity index (χ2v) is 9.19. The van der Waals surface area contributed by atoms with Gasteiger partial charge in [0.25, 0.3) is 5.82 Å². The van der Waals surface area contributed by atoms with E-state index in [9.17, 15) is 16.9 Å². The normalized spacial score (nSPS) is 14.8. The van der Waals surface area contributed by atoms with E-state index in [2.05, 4.69) is 34.2 Å². The molecule has 0 aliphatic carbocycles. The van der Waals surface area contributed by atoms with Gasteiger partial charge < -0.3 is 0 Å². The number of hydrogen-bond acceptors (Lipinski definition) is 0. The van der Waals surface area contributed by atoms with Crippen LogP contribution in [-0.4, -0.2) is 24.5 Å². The van der Waals surface area contributed by atoms with E-state index in [4.69, 9.17) is 0 Å². The zero-order valence-corrected chi connectivity index (χ0v) is 12.0. The second kappa shape index (κ2) is 4.74. The molecule has 0 atom stereocenters. The molecular formula is C10H11F6N2Sb. The minimum Gasteiger partial charge on any atom is -0.247 e. The fraction of sp³-hybridized carbons (Fsp3) is 0.100. The van der Waals surface area contributed by atoms with Gasteiger partial charge in [0.2, 0.25) is 0 Å². The molecule has 2 N–H and O–H groups in total. The average Bonchev–Trinajstić information content (AvgIpc) is 2.67. The summed E-state index contributed by atoms with van der Waals surface area (Å²) in [5.41, 5.74) is 1.32. The van der Waals surface area contributed by atoms with Crippen molar-refractivity contribution in [3.8, 4) is 0 Å². The first-order chi connectivity index (χ1) is 8.40. The summed E-state index contributed by atoms with van der Waals surface area (Å²) in [4.78, 5) is 6.26. The predicted molar refractivity (Wildman–Crippen MR) is 59.0 cm³/mol. The third-order valence-electron chi connectivity index (χ3n) is 1.82. The van der Waals surface area contributed by atoms with Crippen molar-refractivity contribution in [3.05, 3.63) is 54.1 Å². The Morgan fingerprint density at radius 3 is 1.89 bits per heavy atom. The van der Waals surface area contributed by atoms with Gasteiger partial charge in [0.05, 0.1) is 6.42 Å². The number of H-pyrrole nitrogens is 2. The van der Waals surface area contributed by atoms with Gasteiger partial charge in [-0.3, -0.25) is 0 Å². The van der Waals surface area contributed by atoms with Crippen LogP contribution in [0.25, 0.3) is 0 Å². The molecular weight excluding hydrogens is 384 g/mol. The molecule has 9 heteroatoms. The first-order valence-electron chi connectivity index (χ1n) is 5.04. The van der Waals surface area contributed by atoms with E-state index in [-0.39, 0.29) is 0 Å². The van der Waals surface area contributed by atoms with Crippen LogP contribution < -0.4 is 4.98 Å². The maximum Gasteiger partial charge on any atom is 0.256 e. The Balaban J connectivity index is 0.000000224. The van der Waals surface area contributed by atoms with Crippen LogP contribution in [0.1, 0.15) is 11.4 Å². The van der Waals surface area contributed by atoms with Crippen molar-refractivity contribution in [1.82, 2.24) is 4.98 Å². The summed E-state index contributed by atoms with van der Waals surface area (Å²) in [6.07, 6.45) is 4.74. The molecule has 2 aromatic rings. The first-order valence-corrected chi connectivity index (χ1v) is 10.8. The van der Waals surface area contributed by atoms with Crippen LogP contribution in [0.3, 0.4) is 0 Å². The minimum absolute atomic E-state index is 0.938. The van der Waals surface area contributed by atoms with Crippen molar-refractivity contribution in [2.45, 2.75) is 6.42 Å². The SMILES string of the molecule is [F][Sb-]([F])([F])([F])([F])[F].c1ccc(Cc2[nH]cc[nH+]2)cc1. The Morgan fingerprint density at radius 1 is 0.947 bits per heavy atom. The standard InChI is InChI=1S/C10H10N2.6FH.Sb/c1-2-4-9(5-3-1)8-10-11-6-7-12-10;;;;;;;/h1-7H,8H2,(H,11,12);6*1H;/q;;;;;;;+5/p-5. The van der Waals surface area contributed by atoms with E-state index in [1.54, 1.807) is 0 Å². The zero-order valence-electron chi connectivity index (χ0n) is 9.46. The fourth-order valence-corrected chi connectivity index (χ4v) is 1.23. The van der Waals surface area contributed by atoms with E-state index in [1.165, 1.54) is 5.56 Å². The predicted octanol–water partition coefficient (Wildman–Crippen LogP) is 3.56. The Morgan fingerprint density at radius 2 is 1.47 bits per heavy atom. The molecule has 2 rings (SSSR count). The number of hydrogen-bond donors (Lipinski definition) is 1. The molecule has 108 valence electrons. The van der Waals surface area contributed by atoms with E-state index in [0.29, 0.717) is 0 Å². The quantitative estimate of drug-likeness (QED) is 0.596. The van der Waals surface area contributed by atoms with Crippen LogP contribution in [0.5, 0.6) is 0 Å². The Labute approximate surface area is 107 Å². The van der Waals surface area contributed by atoms with Crippen molar-refractivity contribution in [1.29, 1.82) is 0 Å². The first kappa shape index (κ1) is 15.9. The van der Waals surface area contributed by atoms with Crippen molar-refractivity contribution in [2.24, 2.45) is 0 Å². The third-order valence-corrected chi connectivity index (χ3v) is 1.82. The van der Waals surface area contributed by atoms with Crippen LogP contribution in [0.4, 0.5) is 16.9 Å². The topological polar surface area (TPSA) is 29.9 Å². The number of benzene rings is 1. The van der Waals surface area contributed by atoms with Gasteiger partial charge in [-0.05, 0) is 5.56 Å². The molecule has 0 amide bonds. The van der Waals surface area contributed by atoms with Gasteiger partial charge in [-0.1, -0.05) is 30.3 Å². The van der Waals surface area contributed by atoms with Gasteiger partial charge in [0.15, 0.2) is 0 Å². The largest absolute Gasteiger partial charge is 0.256 e. The van der Waals surface area contributed by atoms with Crippen LogP contribution >= 0.6 is 0 Å². The molecule has 0 aliphatic rings. The molecule has 1 aromatic heterocycles. The van der Waals surface area contributed by atoms with Crippen LogP contribution in [-0.2, 0) is 6.42 Å². The van der Waals surface area contributed by atoms with Crippen molar-refractivity contribution in [2.75, 3.05) is 0 Å². The molecule has 1 heterocycles. The fourth-order valence-electron chi connectivity index (χ4n) is 1.23. The van der Waals surface area contributed by atoms with E-state index in [0.717, 1.165) is 12.2 Å². The van der Waals surface area contributed by atoms with Gasteiger partial charge in [-0.15, -0.1) is 0 Å². The summed E-state index contributed by atoms with van der Waals surface area (Å²) in [5, 5.41) is 0. The second-order valence-electron chi connectivity index (χ2n) is 3.72. The number of halogens is 6. The molecule has 0 spiro atoms. The average molecular weight is 395 g/mol. The molecule has 1 aromatic carbocycles. The van der Waals surface area contributed by atoms with Crippen LogP contribution in [0, 0.1) is 0 Å². The molecule has 0 bridgehead atoms. The van der Waals surface area contributed by atoms with Crippen molar-refractivity contribution < 1.29 is 21.9 Å². The molecule has 2 nitrogen and oxygen atoms in total. The van der Waals surface area contributed by atoms with Crippen LogP contribution in [0.2, 0.25) is 0 Å². The number of rotatable bonds is 2. The summed E-state index contributed by atoms with van der Waals surface area (Å²) < 4.78 is 59.6. The Hall–Kier alpha value is -1.17. The molecule has 0 aliphatic heterocycles. The smallest absolute Gasteiger partial charge is 0.247 e. The summed E-state index contributed by atoms with van der Waals surface area (Å²) >= 11 is -11.2. The van der Waals surface area contributed by atoms with E-state index in [1.807, 2.05) is 18.5 Å². The molecule has 19 heavy (non-hydrogen) atoms. The number of nitrogens with one attached hydrogen (secondary N) is 2. The summed E-state index contributed by atoms with van der Waals surface area (Å²) in [5.74, 6) is 1.14. The van der Waals surface area contributed by atoms with Gasteiger partial charge in [0, 0.05) is 0 Å². The summed E-state index contributed by atoms with van der Waals surface area (Å²) in [7, 11) is 0. The van der Waals surface area contributed by atoms with Gasteiger partial charge >= 0.3 is 36.4 Å². The van der Waals surface area contributed by atoms with Gasteiger partial charge in [0.1, 0.15) is 12.4 Å². The van der Waals surface area contributed by atoms with E-state index < -0.39 is 19.5 Å². The summed E-state index contributed by atoms with van der Waals surface area (Å²) in [6.45, 7) is 0. The van der Waals surface area contributed by atoms with Gasteiger partial charge in [-0.25, -0.2) is 9.97 Å². The van der Waals surface area contributed by atoms with Gasteiger partial charge in [-0.2, -0.15) is 0 Å².